The summed E-state index contributed by atoms with van der Waals surface area (Å²) in [5.74, 6) is 1.22. The van der Waals surface area contributed by atoms with Gasteiger partial charge in [0.05, 0.1) is 26.9 Å². The summed E-state index contributed by atoms with van der Waals surface area (Å²) >= 11 is 0. The molecule has 136 valence electrons. The van der Waals surface area contributed by atoms with Gasteiger partial charge in [0.25, 0.3) is 5.91 Å². The molecule has 0 spiro atoms. The molecule has 0 saturated heterocycles. The van der Waals surface area contributed by atoms with Gasteiger partial charge in [-0.3, -0.25) is 4.79 Å². The lowest BCUT2D eigenvalue weighted by atomic mass is 10.1. The quantitative estimate of drug-likeness (QED) is 0.581. The van der Waals surface area contributed by atoms with Crippen molar-refractivity contribution in [2.24, 2.45) is 0 Å². The molecule has 24 heavy (non-hydrogen) atoms. The van der Waals surface area contributed by atoms with Crippen molar-refractivity contribution in [3.8, 4) is 17.2 Å². The molecule has 0 unspecified atom stereocenters. The Morgan fingerprint density at radius 1 is 0.875 bits per heavy atom. The highest BCUT2D eigenvalue weighted by atomic mass is 16.5. The number of ether oxygens (including phenoxy) is 3. The van der Waals surface area contributed by atoms with Crippen molar-refractivity contribution in [1.29, 1.82) is 0 Å². The van der Waals surface area contributed by atoms with Crippen molar-refractivity contribution in [2.75, 3.05) is 27.9 Å². The first-order valence-electron chi connectivity index (χ1n) is 8.76. The Hall–Kier alpha value is -1.91. The molecule has 0 aliphatic carbocycles. The number of methoxy groups -OCH3 is 3. The van der Waals surface area contributed by atoms with E-state index in [1.54, 1.807) is 19.2 Å². The predicted molar refractivity (Wildman–Crippen MR) is 96.4 cm³/mol. The van der Waals surface area contributed by atoms with E-state index in [2.05, 4.69) is 12.2 Å². The van der Waals surface area contributed by atoms with Crippen LogP contribution in [0.2, 0.25) is 0 Å². The normalized spacial score (nSPS) is 10.3. The molecule has 1 rings (SSSR count). The minimum atomic E-state index is -0.154. The van der Waals surface area contributed by atoms with Crippen molar-refractivity contribution in [3.63, 3.8) is 0 Å². The first-order valence-corrected chi connectivity index (χ1v) is 8.76. The van der Waals surface area contributed by atoms with Gasteiger partial charge in [0, 0.05) is 6.54 Å². The van der Waals surface area contributed by atoms with E-state index in [0.29, 0.717) is 29.4 Å². The smallest absolute Gasteiger partial charge is 0.255 e. The Morgan fingerprint density at radius 3 is 2.08 bits per heavy atom. The van der Waals surface area contributed by atoms with Crippen LogP contribution in [-0.2, 0) is 0 Å². The molecule has 0 aliphatic heterocycles. The van der Waals surface area contributed by atoms with Gasteiger partial charge in [0.2, 0.25) is 5.75 Å². The summed E-state index contributed by atoms with van der Waals surface area (Å²) in [5, 5.41) is 2.95. The second kappa shape index (κ2) is 11.6. The van der Waals surface area contributed by atoms with E-state index < -0.39 is 0 Å². The summed E-state index contributed by atoms with van der Waals surface area (Å²) in [6, 6.07) is 3.41. The van der Waals surface area contributed by atoms with Crippen LogP contribution in [0.3, 0.4) is 0 Å². The molecule has 0 saturated carbocycles. The minimum Gasteiger partial charge on any atom is -0.493 e. The van der Waals surface area contributed by atoms with E-state index in [9.17, 15) is 4.79 Å². The summed E-state index contributed by atoms with van der Waals surface area (Å²) in [6.07, 6.45) is 8.55. The largest absolute Gasteiger partial charge is 0.493 e. The SMILES string of the molecule is CCCCCCCCCNC(=O)c1ccc(OC)c(OC)c1OC. The molecule has 1 aromatic rings. The Morgan fingerprint density at radius 2 is 1.50 bits per heavy atom. The van der Waals surface area contributed by atoms with Crippen LogP contribution in [0.4, 0.5) is 0 Å². The summed E-state index contributed by atoms with van der Waals surface area (Å²) < 4.78 is 15.9. The molecule has 1 aromatic carbocycles. The highest BCUT2D eigenvalue weighted by molar-refractivity contribution is 5.98. The number of carbonyl (C=O) groups is 1. The van der Waals surface area contributed by atoms with Crippen molar-refractivity contribution in [3.05, 3.63) is 17.7 Å². The van der Waals surface area contributed by atoms with E-state index in [4.69, 9.17) is 14.2 Å². The maximum atomic E-state index is 12.4. The van der Waals surface area contributed by atoms with Gasteiger partial charge < -0.3 is 19.5 Å². The number of benzene rings is 1. The van der Waals surface area contributed by atoms with Crippen LogP contribution in [0.15, 0.2) is 12.1 Å². The molecule has 5 heteroatoms. The first-order chi connectivity index (χ1) is 11.7. The maximum Gasteiger partial charge on any atom is 0.255 e. The fraction of sp³-hybridized carbons (Fsp3) is 0.632. The Bertz CT molecular complexity index is 502. The van der Waals surface area contributed by atoms with Crippen molar-refractivity contribution < 1.29 is 19.0 Å². The zero-order chi connectivity index (χ0) is 17.8. The number of nitrogens with one attached hydrogen (secondary N) is 1. The Labute approximate surface area is 145 Å². The first kappa shape index (κ1) is 20.1. The average Bonchev–Trinajstić information content (AvgIpc) is 2.62. The second-order valence-electron chi connectivity index (χ2n) is 5.76. The number of rotatable bonds is 12. The maximum absolute atomic E-state index is 12.4. The molecule has 1 N–H and O–H groups in total. The molecule has 0 fully saturated rings. The van der Waals surface area contributed by atoms with Crippen molar-refractivity contribution >= 4 is 5.91 Å². The van der Waals surface area contributed by atoms with Crippen LogP contribution < -0.4 is 19.5 Å². The summed E-state index contributed by atoms with van der Waals surface area (Å²) in [5.41, 5.74) is 0.457. The topological polar surface area (TPSA) is 56.8 Å². The molecule has 1 amide bonds. The van der Waals surface area contributed by atoms with Crippen LogP contribution in [-0.4, -0.2) is 33.8 Å². The van der Waals surface area contributed by atoms with Gasteiger partial charge in [-0.15, -0.1) is 0 Å². The van der Waals surface area contributed by atoms with Gasteiger partial charge in [0.15, 0.2) is 11.5 Å². The van der Waals surface area contributed by atoms with Crippen molar-refractivity contribution in [2.45, 2.75) is 51.9 Å². The average molecular weight is 337 g/mol. The van der Waals surface area contributed by atoms with E-state index >= 15 is 0 Å². The molecule has 0 aromatic heterocycles. The van der Waals surface area contributed by atoms with Gasteiger partial charge in [-0.05, 0) is 18.6 Å². The van der Waals surface area contributed by atoms with Crippen LogP contribution in [0, 0.1) is 0 Å². The monoisotopic (exact) mass is 337 g/mol. The zero-order valence-electron chi connectivity index (χ0n) is 15.4. The zero-order valence-corrected chi connectivity index (χ0v) is 15.4. The Balaban J connectivity index is 2.50. The highest BCUT2D eigenvalue weighted by Crippen LogP contribution is 2.39. The lowest BCUT2D eigenvalue weighted by Crippen LogP contribution is -2.25. The van der Waals surface area contributed by atoms with Gasteiger partial charge in [0.1, 0.15) is 0 Å². The molecule has 0 radical (unpaired) electrons. The number of carbonyl (C=O) groups excluding carboxylic acids is 1. The standard InChI is InChI=1S/C19H31NO4/c1-5-6-7-8-9-10-11-14-20-19(21)15-12-13-16(22-2)18(24-4)17(15)23-3/h12-13H,5-11,14H2,1-4H3,(H,20,21). The summed E-state index contributed by atoms with van der Waals surface area (Å²) in [4.78, 5) is 12.4. The summed E-state index contributed by atoms with van der Waals surface area (Å²) in [7, 11) is 4.60. The molecular formula is C19H31NO4. The molecule has 0 bridgehead atoms. The van der Waals surface area contributed by atoms with Crippen LogP contribution in [0.5, 0.6) is 17.2 Å². The van der Waals surface area contributed by atoms with E-state index in [-0.39, 0.29) is 5.91 Å². The molecule has 5 nitrogen and oxygen atoms in total. The third-order valence-electron chi connectivity index (χ3n) is 4.01. The fourth-order valence-electron chi connectivity index (χ4n) is 2.66. The second-order valence-corrected chi connectivity index (χ2v) is 5.76. The van der Waals surface area contributed by atoms with Gasteiger partial charge in [-0.25, -0.2) is 0 Å². The molecule has 0 aliphatic rings. The number of hydrogen-bond donors (Lipinski definition) is 1. The number of unbranched alkanes of at least 4 members (excludes halogenated alkanes) is 6. The van der Waals surface area contributed by atoms with E-state index in [0.717, 1.165) is 12.8 Å². The predicted octanol–water partition coefficient (Wildman–Crippen LogP) is 4.19. The van der Waals surface area contributed by atoms with E-state index in [1.807, 2.05) is 0 Å². The third-order valence-corrected chi connectivity index (χ3v) is 4.01. The fourth-order valence-corrected chi connectivity index (χ4v) is 2.66. The molecule has 0 atom stereocenters. The lowest BCUT2D eigenvalue weighted by Gasteiger charge is -2.15. The van der Waals surface area contributed by atoms with Gasteiger partial charge >= 0.3 is 0 Å². The van der Waals surface area contributed by atoms with Crippen LogP contribution in [0.1, 0.15) is 62.2 Å². The molecule has 0 heterocycles. The lowest BCUT2D eigenvalue weighted by molar-refractivity contribution is 0.0949. The Kier molecular flexibility index (Phi) is 9.73. The third kappa shape index (κ3) is 5.95. The van der Waals surface area contributed by atoms with Gasteiger partial charge in [-0.2, -0.15) is 0 Å². The number of hydrogen-bond acceptors (Lipinski definition) is 4. The number of amides is 1. The summed E-state index contributed by atoms with van der Waals surface area (Å²) in [6.45, 7) is 2.89. The van der Waals surface area contributed by atoms with Crippen LogP contribution in [0.25, 0.3) is 0 Å². The van der Waals surface area contributed by atoms with Gasteiger partial charge in [-0.1, -0.05) is 45.4 Å². The molecular weight excluding hydrogens is 306 g/mol. The van der Waals surface area contributed by atoms with Crippen LogP contribution >= 0.6 is 0 Å². The van der Waals surface area contributed by atoms with Crippen molar-refractivity contribution in [1.82, 2.24) is 5.32 Å². The minimum absolute atomic E-state index is 0.154. The highest BCUT2D eigenvalue weighted by Gasteiger charge is 2.20. The van der Waals surface area contributed by atoms with E-state index in [1.165, 1.54) is 46.3 Å².